The predicted octanol–water partition coefficient (Wildman–Crippen LogP) is 3.87. The molecular weight excluding hydrogens is 407 g/mol. The van der Waals surface area contributed by atoms with Crippen LogP contribution in [0, 0.1) is 12.7 Å². The molecule has 2 aromatic carbocycles. The van der Waals surface area contributed by atoms with Crippen molar-refractivity contribution in [2.45, 2.75) is 39.0 Å². The van der Waals surface area contributed by atoms with Crippen molar-refractivity contribution in [2.75, 3.05) is 6.54 Å². The third-order valence-corrected chi connectivity index (χ3v) is 6.02. The fourth-order valence-corrected chi connectivity index (χ4v) is 4.28. The molecule has 0 bridgehead atoms. The van der Waals surface area contributed by atoms with E-state index in [4.69, 9.17) is 5.10 Å². The molecule has 164 valence electrons. The zero-order chi connectivity index (χ0) is 22.6. The van der Waals surface area contributed by atoms with E-state index >= 15 is 0 Å². The van der Waals surface area contributed by atoms with Gasteiger partial charge in [0.15, 0.2) is 5.65 Å². The van der Waals surface area contributed by atoms with Gasteiger partial charge >= 0.3 is 0 Å². The first-order valence-electron chi connectivity index (χ1n) is 10.6. The van der Waals surface area contributed by atoms with Gasteiger partial charge in [0.05, 0.1) is 22.7 Å². The number of nitrogens with one attached hydrogen (secondary N) is 1. The highest BCUT2D eigenvalue weighted by Gasteiger charge is 2.26. The summed E-state index contributed by atoms with van der Waals surface area (Å²) in [7, 11) is 0. The third-order valence-electron chi connectivity index (χ3n) is 6.02. The average molecular weight is 432 g/mol. The quantitative estimate of drug-likeness (QED) is 0.458. The van der Waals surface area contributed by atoms with Crippen molar-refractivity contribution < 1.29 is 14.6 Å². The molecule has 4 aromatic rings. The molecule has 0 fully saturated rings. The molecule has 7 heteroatoms. The number of hydrogen-bond acceptors (Lipinski definition) is 5. The van der Waals surface area contributed by atoms with Gasteiger partial charge in [0.1, 0.15) is 11.9 Å². The van der Waals surface area contributed by atoms with Crippen molar-refractivity contribution in [2.24, 2.45) is 0 Å². The van der Waals surface area contributed by atoms with E-state index in [0.717, 1.165) is 39.2 Å². The smallest absolute Gasteiger partial charge is 0.154 e. The molecule has 5 rings (SSSR count). The van der Waals surface area contributed by atoms with Gasteiger partial charge < -0.3 is 15.5 Å². The number of aryl methyl sites for hydroxylation is 1. The summed E-state index contributed by atoms with van der Waals surface area (Å²) in [5.41, 5.74) is 6.02. The summed E-state index contributed by atoms with van der Waals surface area (Å²) in [4.78, 5) is 4.65. The van der Waals surface area contributed by atoms with Crippen LogP contribution in [0.1, 0.15) is 42.5 Å². The molecule has 3 N–H and O–H groups in total. The molecule has 1 unspecified atom stereocenters. The summed E-state index contributed by atoms with van der Waals surface area (Å²) in [5.74, 6) is -0.290. The number of rotatable bonds is 3. The Morgan fingerprint density at radius 2 is 1.84 bits per heavy atom. The number of benzene rings is 2. The van der Waals surface area contributed by atoms with E-state index < -0.39 is 11.7 Å². The second-order valence-corrected chi connectivity index (χ2v) is 8.86. The van der Waals surface area contributed by atoms with E-state index in [1.54, 1.807) is 24.4 Å². The first kappa shape index (κ1) is 20.8. The maximum Gasteiger partial charge on any atom is 0.154 e. The Balaban J connectivity index is 1.77. The monoisotopic (exact) mass is 432 g/mol. The Morgan fingerprint density at radius 1 is 1.09 bits per heavy atom. The molecule has 1 aliphatic heterocycles. The summed E-state index contributed by atoms with van der Waals surface area (Å²) in [6.45, 7) is 6.37. The van der Waals surface area contributed by atoms with E-state index in [1.807, 2.05) is 37.3 Å². The summed E-state index contributed by atoms with van der Waals surface area (Å²) < 4.78 is 15.6. The van der Waals surface area contributed by atoms with Gasteiger partial charge in [-0.1, -0.05) is 30.3 Å². The Bertz CT molecular complexity index is 1320. The third kappa shape index (κ3) is 3.48. The van der Waals surface area contributed by atoms with Crippen LogP contribution in [-0.4, -0.2) is 31.4 Å². The summed E-state index contributed by atoms with van der Waals surface area (Å²) in [6.07, 6.45) is -0.689. The van der Waals surface area contributed by atoms with Crippen LogP contribution in [0.5, 0.6) is 0 Å². The van der Waals surface area contributed by atoms with Crippen LogP contribution in [0.2, 0.25) is 0 Å². The molecule has 0 radical (unpaired) electrons. The van der Waals surface area contributed by atoms with Crippen molar-refractivity contribution in [1.82, 2.24) is 19.9 Å². The average Bonchev–Trinajstić information content (AvgIpc) is 3.11. The molecule has 0 saturated heterocycles. The van der Waals surface area contributed by atoms with E-state index in [2.05, 4.69) is 10.3 Å². The highest BCUT2D eigenvalue weighted by atomic mass is 19.1. The minimum atomic E-state index is -0.947. The largest absolute Gasteiger partial charge is 0.386 e. The van der Waals surface area contributed by atoms with Crippen LogP contribution in [0.4, 0.5) is 4.39 Å². The molecule has 0 saturated carbocycles. The van der Waals surface area contributed by atoms with Crippen LogP contribution < -0.4 is 5.32 Å². The molecule has 0 amide bonds. The van der Waals surface area contributed by atoms with Crippen LogP contribution in [0.3, 0.4) is 0 Å². The highest BCUT2D eigenvalue weighted by molar-refractivity contribution is 5.84. The van der Waals surface area contributed by atoms with Crippen LogP contribution >= 0.6 is 0 Å². The Hall–Kier alpha value is -3.13. The van der Waals surface area contributed by atoms with Gasteiger partial charge in [-0.2, -0.15) is 5.10 Å². The van der Waals surface area contributed by atoms with Gasteiger partial charge in [0.2, 0.25) is 0 Å². The first-order valence-corrected chi connectivity index (χ1v) is 10.6. The van der Waals surface area contributed by atoms with Crippen molar-refractivity contribution in [3.8, 4) is 22.4 Å². The van der Waals surface area contributed by atoms with Crippen molar-refractivity contribution >= 4 is 5.65 Å². The first-order chi connectivity index (χ1) is 15.2. The van der Waals surface area contributed by atoms with E-state index in [1.165, 1.54) is 12.1 Å². The van der Waals surface area contributed by atoms with Crippen LogP contribution in [0.15, 0.2) is 48.5 Å². The minimum absolute atomic E-state index is 0.290. The molecule has 1 atom stereocenters. The maximum atomic E-state index is 13.8. The second kappa shape index (κ2) is 7.48. The zero-order valence-electron chi connectivity index (χ0n) is 18.2. The minimum Gasteiger partial charge on any atom is -0.386 e. The topological polar surface area (TPSA) is 82.7 Å². The number of nitrogens with zero attached hydrogens (tertiary/aromatic N) is 3. The van der Waals surface area contributed by atoms with Gasteiger partial charge in [0.25, 0.3) is 0 Å². The van der Waals surface area contributed by atoms with Gasteiger partial charge in [-0.25, -0.2) is 13.9 Å². The Morgan fingerprint density at radius 3 is 2.53 bits per heavy atom. The standard InChI is InChI=1S/C25H25FN4O2/c1-14-10-17(26)8-9-18(14)19-11-22-28-24-20(12-27-13-21(24)31)30(22)29-23(19)15-4-6-16(7-5-15)25(2,3)32/h4-11,21,27,31-32H,12-13H2,1-3H3. The molecule has 3 heterocycles. The molecule has 32 heavy (non-hydrogen) atoms. The number of hydrogen-bond donors (Lipinski definition) is 3. The van der Waals surface area contributed by atoms with Gasteiger partial charge in [0, 0.05) is 24.2 Å². The lowest BCUT2D eigenvalue weighted by Crippen LogP contribution is -2.28. The molecule has 2 aromatic heterocycles. The predicted molar refractivity (Wildman–Crippen MR) is 120 cm³/mol. The SMILES string of the molecule is Cc1cc(F)ccc1-c1cc2nc3c(n2nc1-c1ccc(C(C)(C)O)cc1)CNCC3O. The van der Waals surface area contributed by atoms with Crippen molar-refractivity contribution in [3.05, 3.63) is 76.9 Å². The molecule has 6 nitrogen and oxygen atoms in total. The Kier molecular flexibility index (Phi) is 4.85. The molecule has 1 aliphatic rings. The summed E-state index contributed by atoms with van der Waals surface area (Å²) in [6, 6.07) is 14.3. The maximum absolute atomic E-state index is 13.8. The fraction of sp³-hybridized carbons (Fsp3) is 0.280. The normalized spacial score (nSPS) is 16.4. The molecular formula is C25H25FN4O2. The van der Waals surface area contributed by atoms with Gasteiger partial charge in [-0.15, -0.1) is 0 Å². The lowest BCUT2D eigenvalue weighted by molar-refractivity contribution is 0.0786. The molecule has 0 spiro atoms. The van der Waals surface area contributed by atoms with Crippen molar-refractivity contribution in [3.63, 3.8) is 0 Å². The highest BCUT2D eigenvalue weighted by Crippen LogP contribution is 2.35. The number of fused-ring (bicyclic) bond motifs is 3. The fourth-order valence-electron chi connectivity index (χ4n) is 4.28. The number of aliphatic hydroxyl groups excluding tert-OH is 1. The molecule has 0 aliphatic carbocycles. The number of halogens is 1. The number of aliphatic hydroxyl groups is 2. The van der Waals surface area contributed by atoms with E-state index in [0.29, 0.717) is 24.4 Å². The Labute approximate surface area is 185 Å². The van der Waals surface area contributed by atoms with Crippen LogP contribution in [-0.2, 0) is 12.1 Å². The second-order valence-electron chi connectivity index (χ2n) is 8.86. The lowest BCUT2D eigenvalue weighted by atomic mass is 9.93. The van der Waals surface area contributed by atoms with Gasteiger partial charge in [-0.05, 0) is 55.7 Å². The van der Waals surface area contributed by atoms with Crippen molar-refractivity contribution in [1.29, 1.82) is 0 Å². The zero-order valence-corrected chi connectivity index (χ0v) is 18.2. The summed E-state index contributed by atoms with van der Waals surface area (Å²) in [5, 5.41) is 28.8. The number of β-amino-alcohol motifs (C(OH)–C–C–N with tert-alkyl or cyclic N) is 1. The van der Waals surface area contributed by atoms with E-state index in [9.17, 15) is 14.6 Å². The van der Waals surface area contributed by atoms with Crippen LogP contribution in [0.25, 0.3) is 28.0 Å². The van der Waals surface area contributed by atoms with E-state index in [-0.39, 0.29) is 5.82 Å². The number of imidazole rings is 1. The number of aromatic nitrogens is 3. The van der Waals surface area contributed by atoms with Gasteiger partial charge in [-0.3, -0.25) is 0 Å². The summed E-state index contributed by atoms with van der Waals surface area (Å²) >= 11 is 0. The lowest BCUT2D eigenvalue weighted by Gasteiger charge is -2.19.